The first-order valence-corrected chi connectivity index (χ1v) is 9.49. The number of nitrogens with one attached hydrogen (secondary N) is 2. The van der Waals surface area contributed by atoms with Crippen LogP contribution in [0.5, 0.6) is 5.75 Å². The molecule has 28 heavy (non-hydrogen) atoms. The van der Waals surface area contributed by atoms with Crippen molar-refractivity contribution in [3.8, 4) is 5.75 Å². The average Bonchev–Trinajstić information content (AvgIpc) is 3.20. The van der Waals surface area contributed by atoms with E-state index >= 15 is 0 Å². The minimum atomic E-state index is -0.322. The van der Waals surface area contributed by atoms with Gasteiger partial charge in [-0.05, 0) is 47.8 Å². The van der Waals surface area contributed by atoms with Crippen molar-refractivity contribution in [3.05, 3.63) is 65.5 Å². The number of urea groups is 1. The Balaban J connectivity index is 1.43. The Hall–Kier alpha value is -3.52. The lowest BCUT2D eigenvalue weighted by atomic mass is 10.2. The number of aliphatic imine (C=N–C) groups is 1. The Morgan fingerprint density at radius 2 is 1.93 bits per heavy atom. The van der Waals surface area contributed by atoms with E-state index in [9.17, 15) is 4.79 Å². The number of carbonyl (C=O) groups excluding carboxylic acids is 1. The minimum Gasteiger partial charge on any atom is -0.497 e. The van der Waals surface area contributed by atoms with Crippen LogP contribution in [0.3, 0.4) is 0 Å². The van der Waals surface area contributed by atoms with Crippen LogP contribution in [0.1, 0.15) is 5.56 Å². The summed E-state index contributed by atoms with van der Waals surface area (Å²) in [4.78, 5) is 18.7. The fourth-order valence-electron chi connectivity index (χ4n) is 2.92. The predicted molar refractivity (Wildman–Crippen MR) is 114 cm³/mol. The highest BCUT2D eigenvalue weighted by molar-refractivity contribution is 7.14. The molecule has 1 aliphatic rings. The van der Waals surface area contributed by atoms with Crippen molar-refractivity contribution in [2.75, 3.05) is 29.3 Å². The second kappa shape index (κ2) is 7.61. The monoisotopic (exact) mass is 393 g/mol. The van der Waals surface area contributed by atoms with E-state index in [2.05, 4.69) is 20.5 Å². The molecule has 8 heteroatoms. The second-order valence-corrected chi connectivity index (χ2v) is 7.00. The van der Waals surface area contributed by atoms with Crippen molar-refractivity contribution < 1.29 is 9.53 Å². The van der Waals surface area contributed by atoms with E-state index in [-0.39, 0.29) is 6.03 Å². The van der Waals surface area contributed by atoms with Crippen LogP contribution in [0.2, 0.25) is 0 Å². The first-order chi connectivity index (χ1) is 13.6. The molecule has 0 radical (unpaired) electrons. The number of amides is 2. The maximum atomic E-state index is 12.2. The molecule has 0 fully saturated rings. The maximum absolute atomic E-state index is 12.2. The third kappa shape index (κ3) is 3.63. The quantitative estimate of drug-likeness (QED) is 0.619. The summed E-state index contributed by atoms with van der Waals surface area (Å²) in [6, 6.07) is 16.4. The largest absolute Gasteiger partial charge is 0.497 e. The van der Waals surface area contributed by atoms with Gasteiger partial charge in [-0.1, -0.05) is 6.07 Å². The molecular weight excluding hydrogens is 374 g/mol. The molecule has 4 N–H and O–H groups in total. The number of methoxy groups -OCH3 is 1. The molecule has 0 bridgehead atoms. The summed E-state index contributed by atoms with van der Waals surface area (Å²) in [6.45, 7) is 0.475. The number of fused-ring (bicyclic) bond motifs is 1. The van der Waals surface area contributed by atoms with Crippen LogP contribution < -0.4 is 26.0 Å². The van der Waals surface area contributed by atoms with Gasteiger partial charge in [0.1, 0.15) is 23.3 Å². The summed E-state index contributed by atoms with van der Waals surface area (Å²) in [5.74, 6) is 1.25. The number of nitrogens with two attached hydrogens (primary N) is 1. The number of rotatable bonds is 4. The molecule has 1 aromatic heterocycles. The molecule has 0 saturated carbocycles. The summed E-state index contributed by atoms with van der Waals surface area (Å²) in [6.07, 6.45) is 0. The van der Waals surface area contributed by atoms with Crippen molar-refractivity contribution in [1.29, 1.82) is 0 Å². The van der Waals surface area contributed by atoms with Crippen LogP contribution in [0.25, 0.3) is 0 Å². The molecule has 142 valence electrons. The molecule has 3 aromatic rings. The van der Waals surface area contributed by atoms with E-state index in [1.807, 2.05) is 47.8 Å². The van der Waals surface area contributed by atoms with Gasteiger partial charge < -0.3 is 26.0 Å². The molecular formula is C20H19N5O2S. The molecule has 2 aromatic carbocycles. The summed E-state index contributed by atoms with van der Waals surface area (Å²) in [7, 11) is 1.59. The maximum Gasteiger partial charge on any atom is 0.323 e. The molecule has 1 aliphatic heterocycles. The van der Waals surface area contributed by atoms with E-state index in [0.29, 0.717) is 29.6 Å². The molecule has 0 aliphatic carbocycles. The number of benzene rings is 2. The Morgan fingerprint density at radius 1 is 1.14 bits per heavy atom. The van der Waals surface area contributed by atoms with E-state index in [4.69, 9.17) is 10.5 Å². The first-order valence-electron chi connectivity index (χ1n) is 8.61. The fourth-order valence-corrected chi connectivity index (χ4v) is 3.84. The van der Waals surface area contributed by atoms with Gasteiger partial charge in [-0.3, -0.25) is 0 Å². The molecule has 0 saturated heterocycles. The summed E-state index contributed by atoms with van der Waals surface area (Å²) in [5, 5.41) is 8.69. The summed E-state index contributed by atoms with van der Waals surface area (Å²) < 4.78 is 5.16. The third-order valence-electron chi connectivity index (χ3n) is 4.31. The number of carbonyl (C=O) groups is 1. The van der Waals surface area contributed by atoms with Crippen LogP contribution in [0.4, 0.5) is 26.9 Å². The van der Waals surface area contributed by atoms with Crippen LogP contribution >= 0.6 is 11.3 Å². The molecule has 0 spiro atoms. The van der Waals surface area contributed by atoms with Crippen LogP contribution in [0.15, 0.2) is 65.0 Å². The SMILES string of the molecule is COc1cccc(NC(=O)Nc2ccc(N3CN=C(N)c4ccsc43)cc2)c1. The van der Waals surface area contributed by atoms with Crippen molar-refractivity contribution in [1.82, 2.24) is 0 Å². The number of thiophene rings is 1. The molecule has 0 atom stereocenters. The highest BCUT2D eigenvalue weighted by atomic mass is 32.1. The van der Waals surface area contributed by atoms with Gasteiger partial charge in [0.2, 0.25) is 0 Å². The normalized spacial score (nSPS) is 12.8. The van der Waals surface area contributed by atoms with Gasteiger partial charge in [-0.25, -0.2) is 9.79 Å². The van der Waals surface area contributed by atoms with Crippen molar-refractivity contribution in [2.45, 2.75) is 0 Å². The van der Waals surface area contributed by atoms with Gasteiger partial charge in [0, 0.05) is 23.1 Å². The molecule has 4 rings (SSSR count). The summed E-state index contributed by atoms with van der Waals surface area (Å²) >= 11 is 1.63. The lowest BCUT2D eigenvalue weighted by molar-refractivity contribution is 0.262. The van der Waals surface area contributed by atoms with Crippen molar-refractivity contribution in [3.63, 3.8) is 0 Å². The zero-order valence-electron chi connectivity index (χ0n) is 15.2. The van der Waals surface area contributed by atoms with Gasteiger partial charge in [0.15, 0.2) is 0 Å². The minimum absolute atomic E-state index is 0.322. The van der Waals surface area contributed by atoms with Crippen LogP contribution in [-0.4, -0.2) is 25.6 Å². The number of nitrogens with zero attached hydrogens (tertiary/aromatic N) is 2. The molecule has 2 heterocycles. The Morgan fingerprint density at radius 3 is 2.71 bits per heavy atom. The third-order valence-corrected chi connectivity index (χ3v) is 5.25. The van der Waals surface area contributed by atoms with Crippen LogP contribution in [0, 0.1) is 0 Å². The topological polar surface area (TPSA) is 92.0 Å². The number of hydrogen-bond acceptors (Lipinski definition) is 6. The van der Waals surface area contributed by atoms with Crippen LogP contribution in [-0.2, 0) is 0 Å². The van der Waals surface area contributed by atoms with E-state index < -0.39 is 0 Å². The second-order valence-electron chi connectivity index (χ2n) is 6.11. The first kappa shape index (κ1) is 17.9. The van der Waals surface area contributed by atoms with Gasteiger partial charge >= 0.3 is 6.03 Å². The fraction of sp³-hybridized carbons (Fsp3) is 0.100. The van der Waals surface area contributed by atoms with Crippen molar-refractivity contribution in [2.24, 2.45) is 10.7 Å². The van der Waals surface area contributed by atoms with E-state index in [1.54, 1.807) is 30.6 Å². The van der Waals surface area contributed by atoms with Gasteiger partial charge in [-0.2, -0.15) is 0 Å². The lowest BCUT2D eigenvalue weighted by Crippen LogP contribution is -2.27. The standard InChI is InChI=1S/C20H19N5O2S/c1-27-16-4-2-3-14(11-16)24-20(26)23-13-5-7-15(8-6-13)25-12-22-18(21)17-9-10-28-19(17)25/h2-11H,12H2,1H3,(H2,21,22)(H2,23,24,26). The highest BCUT2D eigenvalue weighted by Gasteiger charge is 2.21. The number of amidine groups is 1. The summed E-state index contributed by atoms with van der Waals surface area (Å²) in [5.41, 5.74) is 9.24. The Kier molecular flexibility index (Phi) is 4.86. The zero-order chi connectivity index (χ0) is 19.5. The van der Waals surface area contributed by atoms with Gasteiger partial charge in [-0.15, -0.1) is 11.3 Å². The Bertz CT molecular complexity index is 1030. The number of ether oxygens (including phenoxy) is 1. The average molecular weight is 393 g/mol. The lowest BCUT2D eigenvalue weighted by Gasteiger charge is -2.26. The van der Waals surface area contributed by atoms with Gasteiger partial charge in [0.05, 0.1) is 12.7 Å². The number of hydrogen-bond donors (Lipinski definition) is 3. The zero-order valence-corrected chi connectivity index (χ0v) is 16.0. The van der Waals surface area contributed by atoms with Crippen molar-refractivity contribution >= 4 is 45.3 Å². The molecule has 2 amide bonds. The van der Waals surface area contributed by atoms with E-state index in [0.717, 1.165) is 16.3 Å². The predicted octanol–water partition coefficient (Wildman–Crippen LogP) is 4.22. The number of anilines is 4. The highest BCUT2D eigenvalue weighted by Crippen LogP contribution is 2.36. The molecule has 0 unspecified atom stereocenters. The van der Waals surface area contributed by atoms with Gasteiger partial charge in [0.25, 0.3) is 0 Å². The van der Waals surface area contributed by atoms with E-state index in [1.165, 1.54) is 0 Å². The Labute approximate surface area is 166 Å². The molecule has 7 nitrogen and oxygen atoms in total. The smallest absolute Gasteiger partial charge is 0.323 e.